The molecule has 0 saturated carbocycles. The number of nitrogens with two attached hydrogens (primary N) is 1. The second-order valence-electron chi connectivity index (χ2n) is 2.80. The van der Waals surface area contributed by atoms with E-state index in [1.165, 1.54) is 12.1 Å². The first-order chi connectivity index (χ1) is 6.81. The van der Waals surface area contributed by atoms with Crippen molar-refractivity contribution in [3.05, 3.63) is 42.2 Å². The summed E-state index contributed by atoms with van der Waals surface area (Å²) >= 11 is 0. The van der Waals surface area contributed by atoms with Crippen LogP contribution in [0, 0.1) is 5.82 Å². The fraction of sp³-hybridized carbons (Fsp3) is 0.111. The van der Waals surface area contributed by atoms with Crippen LogP contribution in [0.2, 0.25) is 0 Å². The number of hydrogen-bond donors (Lipinski definition) is 1. The summed E-state index contributed by atoms with van der Waals surface area (Å²) in [7, 11) is 0. The number of rotatable bonds is 2. The predicted molar refractivity (Wildman–Crippen MR) is 49.2 cm³/mol. The van der Waals surface area contributed by atoms with Crippen molar-refractivity contribution in [1.29, 1.82) is 0 Å². The first-order valence-electron chi connectivity index (χ1n) is 4.16. The zero-order valence-corrected chi connectivity index (χ0v) is 7.39. The van der Waals surface area contributed by atoms with Crippen LogP contribution < -0.4 is 5.73 Å². The highest BCUT2D eigenvalue weighted by atomic mass is 19.1. The van der Waals surface area contributed by atoms with E-state index in [0.717, 1.165) is 5.69 Å². The molecule has 2 aromatic rings. The molecule has 4 nitrogen and oxygen atoms in total. The van der Waals surface area contributed by atoms with Crippen molar-refractivity contribution >= 4 is 0 Å². The molecule has 5 heteroatoms. The summed E-state index contributed by atoms with van der Waals surface area (Å²) in [6.45, 7) is 0.303. The summed E-state index contributed by atoms with van der Waals surface area (Å²) in [5.74, 6) is 0.382. The molecular weight excluding hydrogens is 183 g/mol. The minimum atomic E-state index is -0.267. The Kier molecular flexibility index (Phi) is 2.24. The zero-order chi connectivity index (χ0) is 9.97. The lowest BCUT2D eigenvalue weighted by Gasteiger charge is -2.03. The number of hydrogen-bond acceptors (Lipinski definition) is 3. The van der Waals surface area contributed by atoms with Crippen molar-refractivity contribution in [3.8, 4) is 5.69 Å². The molecule has 0 radical (unpaired) electrons. The average Bonchev–Trinajstić information content (AvgIpc) is 2.67. The number of halogens is 1. The van der Waals surface area contributed by atoms with E-state index in [1.54, 1.807) is 23.0 Å². The lowest BCUT2D eigenvalue weighted by molar-refractivity contribution is 0.627. The molecule has 0 fully saturated rings. The van der Waals surface area contributed by atoms with Crippen molar-refractivity contribution in [2.45, 2.75) is 6.54 Å². The minimum absolute atomic E-state index is 0.267. The first-order valence-corrected chi connectivity index (χ1v) is 4.16. The highest BCUT2D eigenvalue weighted by Gasteiger charge is 2.03. The van der Waals surface area contributed by atoms with Crippen LogP contribution in [0.25, 0.3) is 5.69 Å². The van der Waals surface area contributed by atoms with Crippen LogP contribution in [0.4, 0.5) is 4.39 Å². The molecule has 0 amide bonds. The van der Waals surface area contributed by atoms with Gasteiger partial charge in [0.25, 0.3) is 0 Å². The summed E-state index contributed by atoms with van der Waals surface area (Å²) in [5, 5.41) is 7.56. The molecule has 0 atom stereocenters. The zero-order valence-electron chi connectivity index (χ0n) is 7.39. The molecule has 1 heterocycles. The smallest absolute Gasteiger partial charge is 0.151 e. The highest BCUT2D eigenvalue weighted by Crippen LogP contribution is 2.09. The highest BCUT2D eigenvalue weighted by molar-refractivity contribution is 5.32. The van der Waals surface area contributed by atoms with E-state index < -0.39 is 0 Å². The Labute approximate surface area is 80.2 Å². The third-order valence-electron chi connectivity index (χ3n) is 1.91. The Balaban J connectivity index is 2.44. The average molecular weight is 192 g/mol. The summed E-state index contributed by atoms with van der Waals surface area (Å²) in [6.07, 6.45) is 1.55. The Morgan fingerprint density at radius 3 is 2.64 bits per heavy atom. The Hall–Kier alpha value is -1.75. The van der Waals surface area contributed by atoms with Crippen LogP contribution >= 0.6 is 0 Å². The molecule has 2 rings (SSSR count). The van der Waals surface area contributed by atoms with Crippen molar-refractivity contribution in [2.24, 2.45) is 5.73 Å². The topological polar surface area (TPSA) is 56.7 Å². The molecule has 72 valence electrons. The second kappa shape index (κ2) is 3.55. The maximum atomic E-state index is 12.6. The van der Waals surface area contributed by atoms with Crippen molar-refractivity contribution < 1.29 is 4.39 Å². The van der Waals surface area contributed by atoms with Gasteiger partial charge in [-0.25, -0.2) is 4.39 Å². The summed E-state index contributed by atoms with van der Waals surface area (Å²) < 4.78 is 14.4. The number of aromatic nitrogens is 3. The van der Waals surface area contributed by atoms with E-state index in [-0.39, 0.29) is 5.82 Å². The fourth-order valence-corrected chi connectivity index (χ4v) is 1.22. The summed E-state index contributed by atoms with van der Waals surface area (Å²) in [4.78, 5) is 0. The minimum Gasteiger partial charge on any atom is -0.324 e. The van der Waals surface area contributed by atoms with Gasteiger partial charge in [0.2, 0.25) is 0 Å². The Bertz CT molecular complexity index is 421. The van der Waals surface area contributed by atoms with Crippen LogP contribution in [-0.2, 0) is 6.54 Å². The largest absolute Gasteiger partial charge is 0.324 e. The van der Waals surface area contributed by atoms with Gasteiger partial charge in [0.1, 0.15) is 12.1 Å². The molecule has 0 aliphatic rings. The second-order valence-corrected chi connectivity index (χ2v) is 2.80. The standard InChI is InChI=1S/C9H9FN4/c10-7-1-3-8(4-2-7)14-6-12-13-9(14)5-11/h1-4,6H,5,11H2. The van der Waals surface area contributed by atoms with Gasteiger partial charge in [-0.15, -0.1) is 10.2 Å². The molecule has 1 aromatic heterocycles. The molecule has 0 unspecified atom stereocenters. The van der Waals surface area contributed by atoms with E-state index in [2.05, 4.69) is 10.2 Å². The van der Waals surface area contributed by atoms with Crippen molar-refractivity contribution in [2.75, 3.05) is 0 Å². The molecule has 0 aliphatic carbocycles. The normalized spacial score (nSPS) is 10.4. The number of nitrogens with zero attached hydrogens (tertiary/aromatic N) is 3. The first kappa shape index (κ1) is 8.83. The molecule has 0 aliphatic heterocycles. The lowest BCUT2D eigenvalue weighted by Crippen LogP contribution is -2.06. The van der Waals surface area contributed by atoms with Crippen molar-refractivity contribution in [3.63, 3.8) is 0 Å². The van der Waals surface area contributed by atoms with Gasteiger partial charge in [-0.3, -0.25) is 4.57 Å². The summed E-state index contributed by atoms with van der Waals surface area (Å²) in [6, 6.07) is 6.07. The Morgan fingerprint density at radius 2 is 2.00 bits per heavy atom. The third-order valence-corrected chi connectivity index (χ3v) is 1.91. The molecule has 0 saturated heterocycles. The van der Waals surface area contributed by atoms with Crippen molar-refractivity contribution in [1.82, 2.24) is 14.8 Å². The molecule has 2 N–H and O–H groups in total. The maximum Gasteiger partial charge on any atom is 0.151 e. The SMILES string of the molecule is NCc1nncn1-c1ccc(F)cc1. The van der Waals surface area contributed by atoms with Crippen LogP contribution in [0.3, 0.4) is 0 Å². The lowest BCUT2D eigenvalue weighted by atomic mass is 10.3. The van der Waals surface area contributed by atoms with Crippen LogP contribution in [0.15, 0.2) is 30.6 Å². The van der Waals surface area contributed by atoms with Crippen LogP contribution in [0.5, 0.6) is 0 Å². The molecular formula is C9H9FN4. The van der Waals surface area contributed by atoms with E-state index in [4.69, 9.17) is 5.73 Å². The molecule has 0 spiro atoms. The summed E-state index contributed by atoms with van der Waals surface area (Å²) in [5.41, 5.74) is 6.27. The van der Waals surface area contributed by atoms with Gasteiger partial charge in [0, 0.05) is 5.69 Å². The van der Waals surface area contributed by atoms with E-state index in [9.17, 15) is 4.39 Å². The van der Waals surface area contributed by atoms with Gasteiger partial charge < -0.3 is 5.73 Å². The monoisotopic (exact) mass is 192 g/mol. The van der Waals surface area contributed by atoms with E-state index in [1.807, 2.05) is 0 Å². The van der Waals surface area contributed by atoms with Gasteiger partial charge in [-0.05, 0) is 24.3 Å². The van der Waals surface area contributed by atoms with Crippen LogP contribution in [0.1, 0.15) is 5.82 Å². The molecule has 14 heavy (non-hydrogen) atoms. The van der Waals surface area contributed by atoms with E-state index >= 15 is 0 Å². The van der Waals surface area contributed by atoms with Gasteiger partial charge >= 0.3 is 0 Å². The molecule has 0 bridgehead atoms. The quantitative estimate of drug-likeness (QED) is 0.767. The predicted octanol–water partition coefficient (Wildman–Crippen LogP) is 0.865. The maximum absolute atomic E-state index is 12.6. The number of benzene rings is 1. The molecule has 1 aromatic carbocycles. The van der Waals surface area contributed by atoms with Gasteiger partial charge in [0.15, 0.2) is 5.82 Å². The van der Waals surface area contributed by atoms with Gasteiger partial charge in [-0.2, -0.15) is 0 Å². The van der Waals surface area contributed by atoms with Gasteiger partial charge in [-0.1, -0.05) is 0 Å². The van der Waals surface area contributed by atoms with Crippen LogP contribution in [-0.4, -0.2) is 14.8 Å². The van der Waals surface area contributed by atoms with E-state index in [0.29, 0.717) is 12.4 Å². The van der Waals surface area contributed by atoms with Gasteiger partial charge in [0.05, 0.1) is 6.54 Å². The fourth-order valence-electron chi connectivity index (χ4n) is 1.22. The third kappa shape index (κ3) is 1.49. The Morgan fingerprint density at radius 1 is 1.29 bits per heavy atom.